The van der Waals surface area contributed by atoms with E-state index >= 15 is 0 Å². The minimum atomic E-state index is 0.348. The largest absolute Gasteiger partial charge is 0.299 e. The Balaban J connectivity index is 1.82. The summed E-state index contributed by atoms with van der Waals surface area (Å²) in [6.45, 7) is 4.19. The number of aromatic nitrogens is 2. The summed E-state index contributed by atoms with van der Waals surface area (Å²) in [5, 5.41) is 4.43. The molecule has 100 valence electrons. The van der Waals surface area contributed by atoms with Gasteiger partial charge in [-0.3, -0.25) is 9.48 Å². The standard InChI is InChI=1S/C14H22N2OS/c1-11(2)16-6-3-13(15-16)10-14(17)9-12-4-7-18-8-5-12/h3,6,11-12H,4-5,7-10H2,1-2H3. The molecule has 1 fully saturated rings. The van der Waals surface area contributed by atoms with Crippen molar-refractivity contribution in [3.8, 4) is 0 Å². The molecule has 0 atom stereocenters. The van der Waals surface area contributed by atoms with Gasteiger partial charge in [0, 0.05) is 18.7 Å². The quantitative estimate of drug-likeness (QED) is 0.821. The van der Waals surface area contributed by atoms with Crippen LogP contribution in [0.5, 0.6) is 0 Å². The lowest BCUT2D eigenvalue weighted by Gasteiger charge is -2.20. The Morgan fingerprint density at radius 1 is 1.50 bits per heavy atom. The van der Waals surface area contributed by atoms with Gasteiger partial charge in [-0.15, -0.1) is 0 Å². The van der Waals surface area contributed by atoms with Crippen LogP contribution in [0.1, 0.15) is 44.8 Å². The Bertz CT molecular complexity index is 394. The van der Waals surface area contributed by atoms with E-state index in [1.165, 1.54) is 24.3 Å². The van der Waals surface area contributed by atoms with Crippen molar-refractivity contribution in [1.82, 2.24) is 9.78 Å². The smallest absolute Gasteiger partial charge is 0.139 e. The van der Waals surface area contributed by atoms with Gasteiger partial charge in [-0.25, -0.2) is 0 Å². The molecule has 0 bridgehead atoms. The Morgan fingerprint density at radius 3 is 2.83 bits per heavy atom. The minimum Gasteiger partial charge on any atom is -0.299 e. The number of nitrogens with zero attached hydrogens (tertiary/aromatic N) is 2. The molecule has 1 aromatic heterocycles. The second kappa shape index (κ2) is 6.41. The summed E-state index contributed by atoms with van der Waals surface area (Å²) in [4.78, 5) is 12.0. The van der Waals surface area contributed by atoms with E-state index in [9.17, 15) is 4.79 Å². The lowest BCUT2D eigenvalue weighted by Crippen LogP contribution is -2.16. The molecule has 18 heavy (non-hydrogen) atoms. The number of hydrogen-bond donors (Lipinski definition) is 0. The zero-order chi connectivity index (χ0) is 13.0. The first-order chi connectivity index (χ1) is 8.65. The second-order valence-corrected chi connectivity index (χ2v) is 6.58. The van der Waals surface area contributed by atoms with Crippen LogP contribution in [0.15, 0.2) is 12.3 Å². The van der Waals surface area contributed by atoms with Gasteiger partial charge in [-0.05, 0) is 50.2 Å². The van der Waals surface area contributed by atoms with E-state index in [2.05, 4.69) is 18.9 Å². The molecule has 3 nitrogen and oxygen atoms in total. The Hall–Kier alpha value is -0.770. The van der Waals surface area contributed by atoms with E-state index in [-0.39, 0.29) is 0 Å². The van der Waals surface area contributed by atoms with Crippen LogP contribution in [0, 0.1) is 5.92 Å². The lowest BCUT2D eigenvalue weighted by atomic mass is 9.95. The molecule has 0 spiro atoms. The Morgan fingerprint density at radius 2 is 2.22 bits per heavy atom. The molecule has 2 heterocycles. The van der Waals surface area contributed by atoms with Gasteiger partial charge < -0.3 is 0 Å². The highest BCUT2D eigenvalue weighted by atomic mass is 32.2. The second-order valence-electron chi connectivity index (χ2n) is 5.36. The molecule has 0 amide bonds. The number of carbonyl (C=O) groups is 1. The molecule has 2 rings (SSSR count). The number of rotatable bonds is 5. The molecule has 0 saturated carbocycles. The van der Waals surface area contributed by atoms with E-state index in [0.717, 1.165) is 12.1 Å². The van der Waals surface area contributed by atoms with Crippen molar-refractivity contribution >= 4 is 17.5 Å². The maximum absolute atomic E-state index is 12.0. The van der Waals surface area contributed by atoms with Gasteiger partial charge in [0.05, 0.1) is 12.1 Å². The summed E-state index contributed by atoms with van der Waals surface area (Å²) in [7, 11) is 0. The number of ketones is 1. The van der Waals surface area contributed by atoms with Gasteiger partial charge in [0.1, 0.15) is 5.78 Å². The predicted octanol–water partition coefficient (Wildman–Crippen LogP) is 3.11. The fourth-order valence-corrected chi connectivity index (χ4v) is 3.51. The van der Waals surface area contributed by atoms with E-state index in [1.807, 2.05) is 28.7 Å². The van der Waals surface area contributed by atoms with Gasteiger partial charge in [-0.1, -0.05) is 0 Å². The van der Waals surface area contributed by atoms with Crippen molar-refractivity contribution in [1.29, 1.82) is 0 Å². The summed E-state index contributed by atoms with van der Waals surface area (Å²) in [6.07, 6.45) is 5.62. The Kier molecular flexibility index (Phi) is 4.87. The van der Waals surface area contributed by atoms with Gasteiger partial charge in [0.25, 0.3) is 0 Å². The van der Waals surface area contributed by atoms with E-state index < -0.39 is 0 Å². The number of Topliss-reactive ketones (excluding diaryl/α,β-unsaturated/α-hetero) is 1. The molecule has 0 N–H and O–H groups in total. The third-order valence-electron chi connectivity index (χ3n) is 3.43. The first kappa shape index (κ1) is 13.7. The van der Waals surface area contributed by atoms with Gasteiger partial charge in [0.15, 0.2) is 0 Å². The zero-order valence-corrected chi connectivity index (χ0v) is 12.1. The Labute approximate surface area is 113 Å². The van der Waals surface area contributed by atoms with E-state index in [1.54, 1.807) is 0 Å². The molecular formula is C14H22N2OS. The SMILES string of the molecule is CC(C)n1ccc(CC(=O)CC2CCSCC2)n1. The summed E-state index contributed by atoms with van der Waals surface area (Å²) in [6, 6.07) is 2.33. The number of thioether (sulfide) groups is 1. The highest BCUT2D eigenvalue weighted by molar-refractivity contribution is 7.99. The van der Waals surface area contributed by atoms with Gasteiger partial charge in [0.2, 0.25) is 0 Å². The molecule has 1 aliphatic rings. The minimum absolute atomic E-state index is 0.348. The lowest BCUT2D eigenvalue weighted by molar-refractivity contribution is -0.119. The summed E-state index contributed by atoms with van der Waals surface area (Å²) in [5.41, 5.74) is 0.916. The average Bonchev–Trinajstić information content (AvgIpc) is 2.78. The third kappa shape index (κ3) is 3.87. The first-order valence-corrected chi connectivity index (χ1v) is 7.94. The van der Waals surface area contributed by atoms with Crippen molar-refractivity contribution < 1.29 is 4.79 Å². The fraction of sp³-hybridized carbons (Fsp3) is 0.714. The molecule has 0 aromatic carbocycles. The molecule has 0 radical (unpaired) electrons. The number of carbonyl (C=O) groups excluding carboxylic acids is 1. The molecular weight excluding hydrogens is 244 g/mol. The van der Waals surface area contributed by atoms with Crippen LogP contribution >= 0.6 is 11.8 Å². The van der Waals surface area contributed by atoms with Crippen LogP contribution in [0.25, 0.3) is 0 Å². The molecule has 0 aliphatic carbocycles. The van der Waals surface area contributed by atoms with Gasteiger partial charge in [-0.2, -0.15) is 16.9 Å². The number of hydrogen-bond acceptors (Lipinski definition) is 3. The molecule has 1 aliphatic heterocycles. The van der Waals surface area contributed by atoms with Crippen molar-refractivity contribution in [2.75, 3.05) is 11.5 Å². The molecule has 1 aromatic rings. The normalized spacial score (nSPS) is 17.3. The van der Waals surface area contributed by atoms with Crippen LogP contribution < -0.4 is 0 Å². The van der Waals surface area contributed by atoms with Crippen molar-refractivity contribution in [2.45, 2.75) is 45.6 Å². The maximum Gasteiger partial charge on any atom is 0.139 e. The van der Waals surface area contributed by atoms with Crippen LogP contribution in [0.2, 0.25) is 0 Å². The highest BCUT2D eigenvalue weighted by Gasteiger charge is 2.18. The van der Waals surface area contributed by atoms with Crippen LogP contribution in [-0.4, -0.2) is 27.1 Å². The maximum atomic E-state index is 12.0. The zero-order valence-electron chi connectivity index (χ0n) is 11.3. The average molecular weight is 266 g/mol. The summed E-state index contributed by atoms with van der Waals surface area (Å²) >= 11 is 2.01. The monoisotopic (exact) mass is 266 g/mol. The van der Waals surface area contributed by atoms with Crippen molar-refractivity contribution in [3.63, 3.8) is 0 Å². The predicted molar refractivity (Wildman–Crippen MR) is 76.0 cm³/mol. The van der Waals surface area contributed by atoms with Crippen LogP contribution in [0.4, 0.5) is 0 Å². The molecule has 0 unspecified atom stereocenters. The van der Waals surface area contributed by atoms with Crippen molar-refractivity contribution in [2.24, 2.45) is 5.92 Å². The molecule has 4 heteroatoms. The molecule has 1 saturated heterocycles. The van der Waals surface area contributed by atoms with Crippen molar-refractivity contribution in [3.05, 3.63) is 18.0 Å². The van der Waals surface area contributed by atoms with Gasteiger partial charge >= 0.3 is 0 Å². The summed E-state index contributed by atoms with van der Waals surface area (Å²) < 4.78 is 1.92. The first-order valence-electron chi connectivity index (χ1n) is 6.78. The van der Waals surface area contributed by atoms with E-state index in [0.29, 0.717) is 24.2 Å². The fourth-order valence-electron chi connectivity index (χ4n) is 2.31. The highest BCUT2D eigenvalue weighted by Crippen LogP contribution is 2.25. The topological polar surface area (TPSA) is 34.9 Å². The van der Waals surface area contributed by atoms with E-state index in [4.69, 9.17) is 0 Å². The van der Waals surface area contributed by atoms with Crippen LogP contribution in [0.3, 0.4) is 0 Å². The summed E-state index contributed by atoms with van der Waals surface area (Å²) in [5.74, 6) is 3.41. The van der Waals surface area contributed by atoms with Crippen LogP contribution in [-0.2, 0) is 11.2 Å². The third-order valence-corrected chi connectivity index (χ3v) is 4.48.